The van der Waals surface area contributed by atoms with Crippen LogP contribution in [0.2, 0.25) is 0 Å². The molecule has 1 heterocycles. The fourth-order valence-corrected chi connectivity index (χ4v) is 1.67. The average Bonchev–Trinajstić information content (AvgIpc) is 2.33. The Kier molecular flexibility index (Phi) is 3.46. The summed E-state index contributed by atoms with van der Waals surface area (Å²) in [5.74, 6) is -1.11. The van der Waals surface area contributed by atoms with Crippen molar-refractivity contribution in [2.75, 3.05) is 5.32 Å². The van der Waals surface area contributed by atoms with Crippen molar-refractivity contribution in [2.24, 2.45) is 7.05 Å². The number of pyridine rings is 1. The molecular formula is C14H13FN2O2. The second-order valence-electron chi connectivity index (χ2n) is 4.30. The molecule has 1 aromatic carbocycles. The summed E-state index contributed by atoms with van der Waals surface area (Å²) in [6.07, 6.45) is 1.48. The summed E-state index contributed by atoms with van der Waals surface area (Å²) >= 11 is 0. The Morgan fingerprint density at radius 2 is 2.00 bits per heavy atom. The third-order valence-electron chi connectivity index (χ3n) is 2.71. The first-order chi connectivity index (χ1) is 8.97. The lowest BCUT2D eigenvalue weighted by Crippen LogP contribution is -2.18. The standard InChI is InChI=1S/C14H13FN2O2/c1-9-3-5-11(12(15)7-9)14(19)16-10-4-6-13(18)17(2)8-10/h3-8H,1-2H3,(H,16,19). The molecule has 0 saturated carbocycles. The van der Waals surface area contributed by atoms with Crippen LogP contribution in [0.25, 0.3) is 0 Å². The molecule has 0 saturated heterocycles. The van der Waals surface area contributed by atoms with Gasteiger partial charge in [-0.2, -0.15) is 0 Å². The molecule has 0 unspecified atom stereocenters. The van der Waals surface area contributed by atoms with E-state index in [1.165, 1.54) is 35.0 Å². The van der Waals surface area contributed by atoms with Crippen LogP contribution in [-0.2, 0) is 7.05 Å². The molecule has 19 heavy (non-hydrogen) atoms. The van der Waals surface area contributed by atoms with E-state index in [0.717, 1.165) is 5.56 Å². The molecule has 5 heteroatoms. The lowest BCUT2D eigenvalue weighted by atomic mass is 10.1. The molecular weight excluding hydrogens is 247 g/mol. The van der Waals surface area contributed by atoms with Gasteiger partial charge in [0.05, 0.1) is 11.3 Å². The van der Waals surface area contributed by atoms with E-state index in [-0.39, 0.29) is 11.1 Å². The Hall–Kier alpha value is -2.43. The van der Waals surface area contributed by atoms with Crippen molar-refractivity contribution in [3.63, 3.8) is 0 Å². The number of anilines is 1. The minimum Gasteiger partial charge on any atom is -0.321 e. The van der Waals surface area contributed by atoms with Crippen molar-refractivity contribution in [2.45, 2.75) is 6.92 Å². The largest absolute Gasteiger partial charge is 0.321 e. The molecule has 4 nitrogen and oxygen atoms in total. The van der Waals surface area contributed by atoms with E-state index < -0.39 is 11.7 Å². The lowest BCUT2D eigenvalue weighted by Gasteiger charge is -2.07. The van der Waals surface area contributed by atoms with E-state index in [2.05, 4.69) is 5.32 Å². The van der Waals surface area contributed by atoms with E-state index in [0.29, 0.717) is 5.69 Å². The zero-order valence-electron chi connectivity index (χ0n) is 10.6. The summed E-state index contributed by atoms with van der Waals surface area (Å²) in [4.78, 5) is 23.1. The number of benzene rings is 1. The molecule has 0 aliphatic carbocycles. The summed E-state index contributed by atoms with van der Waals surface area (Å²) in [6.45, 7) is 1.75. The van der Waals surface area contributed by atoms with Crippen molar-refractivity contribution in [1.82, 2.24) is 4.57 Å². The van der Waals surface area contributed by atoms with Gasteiger partial charge < -0.3 is 9.88 Å². The van der Waals surface area contributed by atoms with Gasteiger partial charge in [0.25, 0.3) is 5.91 Å². The van der Waals surface area contributed by atoms with E-state index in [9.17, 15) is 14.0 Å². The highest BCUT2D eigenvalue weighted by atomic mass is 19.1. The predicted molar refractivity (Wildman–Crippen MR) is 70.8 cm³/mol. The van der Waals surface area contributed by atoms with Crippen LogP contribution in [-0.4, -0.2) is 10.5 Å². The van der Waals surface area contributed by atoms with Crippen LogP contribution in [0.5, 0.6) is 0 Å². The van der Waals surface area contributed by atoms with E-state index in [4.69, 9.17) is 0 Å². The topological polar surface area (TPSA) is 51.1 Å². The fraction of sp³-hybridized carbons (Fsp3) is 0.143. The predicted octanol–water partition coefficient (Wildman–Crippen LogP) is 2.09. The summed E-state index contributed by atoms with van der Waals surface area (Å²) in [7, 11) is 1.57. The average molecular weight is 260 g/mol. The Labute approximate surface area is 109 Å². The van der Waals surface area contributed by atoms with Crippen LogP contribution in [0.4, 0.5) is 10.1 Å². The number of hydrogen-bond donors (Lipinski definition) is 1. The van der Waals surface area contributed by atoms with Crippen molar-refractivity contribution in [3.8, 4) is 0 Å². The first kappa shape index (κ1) is 13.0. The summed E-state index contributed by atoms with van der Waals surface area (Å²) in [6, 6.07) is 7.21. The van der Waals surface area contributed by atoms with Crippen molar-refractivity contribution in [1.29, 1.82) is 0 Å². The van der Waals surface area contributed by atoms with Gasteiger partial charge in [-0.05, 0) is 30.7 Å². The van der Waals surface area contributed by atoms with Gasteiger partial charge >= 0.3 is 0 Å². The molecule has 98 valence electrons. The van der Waals surface area contributed by atoms with Gasteiger partial charge in [0.2, 0.25) is 5.56 Å². The number of carbonyl (C=O) groups excluding carboxylic acids is 1. The molecule has 2 aromatic rings. The molecule has 0 aliphatic rings. The normalized spacial score (nSPS) is 10.3. The van der Waals surface area contributed by atoms with E-state index >= 15 is 0 Å². The quantitative estimate of drug-likeness (QED) is 0.898. The summed E-state index contributed by atoms with van der Waals surface area (Å²) < 4.78 is 15.0. The van der Waals surface area contributed by atoms with Crippen LogP contribution in [0.1, 0.15) is 15.9 Å². The Bertz CT molecular complexity index is 692. The zero-order valence-corrected chi connectivity index (χ0v) is 10.6. The number of nitrogens with zero attached hydrogens (tertiary/aromatic N) is 1. The lowest BCUT2D eigenvalue weighted by molar-refractivity contribution is 0.102. The van der Waals surface area contributed by atoms with Gasteiger partial charge in [0, 0.05) is 19.3 Å². The van der Waals surface area contributed by atoms with Crippen LogP contribution in [0.3, 0.4) is 0 Å². The second kappa shape index (κ2) is 5.06. The van der Waals surface area contributed by atoms with Crippen LogP contribution >= 0.6 is 0 Å². The molecule has 0 radical (unpaired) electrons. The first-order valence-electron chi connectivity index (χ1n) is 5.71. The summed E-state index contributed by atoms with van der Waals surface area (Å²) in [5.41, 5.74) is 0.974. The van der Waals surface area contributed by atoms with Crippen molar-refractivity contribution in [3.05, 3.63) is 63.8 Å². The van der Waals surface area contributed by atoms with Gasteiger partial charge in [0.15, 0.2) is 0 Å². The first-order valence-corrected chi connectivity index (χ1v) is 5.71. The Morgan fingerprint density at radius 3 is 2.63 bits per heavy atom. The Balaban J connectivity index is 2.25. The number of amides is 1. The molecule has 1 amide bonds. The van der Waals surface area contributed by atoms with Crippen LogP contribution in [0, 0.1) is 12.7 Å². The molecule has 1 N–H and O–H groups in total. The van der Waals surface area contributed by atoms with Crippen LogP contribution < -0.4 is 10.9 Å². The van der Waals surface area contributed by atoms with Crippen LogP contribution in [0.15, 0.2) is 41.3 Å². The third-order valence-corrected chi connectivity index (χ3v) is 2.71. The number of halogens is 1. The third kappa shape index (κ3) is 2.88. The van der Waals surface area contributed by atoms with E-state index in [1.807, 2.05) is 0 Å². The fourth-order valence-electron chi connectivity index (χ4n) is 1.67. The Morgan fingerprint density at radius 1 is 1.26 bits per heavy atom. The van der Waals surface area contributed by atoms with Gasteiger partial charge in [-0.3, -0.25) is 9.59 Å². The van der Waals surface area contributed by atoms with Gasteiger partial charge in [-0.15, -0.1) is 0 Å². The minimum absolute atomic E-state index is 0.0283. The zero-order chi connectivity index (χ0) is 14.0. The molecule has 0 fully saturated rings. The number of hydrogen-bond acceptors (Lipinski definition) is 2. The van der Waals surface area contributed by atoms with Crippen molar-refractivity contribution >= 4 is 11.6 Å². The van der Waals surface area contributed by atoms with Crippen molar-refractivity contribution < 1.29 is 9.18 Å². The highest BCUT2D eigenvalue weighted by Gasteiger charge is 2.12. The van der Waals surface area contributed by atoms with Gasteiger partial charge in [-0.1, -0.05) is 6.07 Å². The SMILES string of the molecule is Cc1ccc(C(=O)Nc2ccc(=O)n(C)c2)c(F)c1. The second-order valence-corrected chi connectivity index (χ2v) is 4.30. The van der Waals surface area contributed by atoms with E-state index in [1.54, 1.807) is 20.0 Å². The molecule has 1 aromatic heterocycles. The molecule has 0 atom stereocenters. The number of rotatable bonds is 2. The molecule has 2 rings (SSSR count). The minimum atomic E-state index is -0.567. The maximum Gasteiger partial charge on any atom is 0.258 e. The highest BCUT2D eigenvalue weighted by Crippen LogP contribution is 2.12. The number of carbonyl (C=O) groups is 1. The number of nitrogens with one attached hydrogen (secondary N) is 1. The molecule has 0 aliphatic heterocycles. The van der Waals surface area contributed by atoms with Gasteiger partial charge in [0.1, 0.15) is 5.82 Å². The molecule has 0 spiro atoms. The molecule has 0 bridgehead atoms. The maximum atomic E-state index is 13.6. The van der Waals surface area contributed by atoms with Gasteiger partial charge in [-0.25, -0.2) is 4.39 Å². The number of aryl methyl sites for hydroxylation is 2. The number of aromatic nitrogens is 1. The monoisotopic (exact) mass is 260 g/mol. The smallest absolute Gasteiger partial charge is 0.258 e. The summed E-state index contributed by atoms with van der Waals surface area (Å²) in [5, 5.41) is 2.55. The highest BCUT2D eigenvalue weighted by molar-refractivity contribution is 6.04. The maximum absolute atomic E-state index is 13.6.